The van der Waals surface area contributed by atoms with E-state index in [1.54, 1.807) is 34.1 Å². The van der Waals surface area contributed by atoms with Gasteiger partial charge in [0.05, 0.1) is 48.3 Å². The van der Waals surface area contributed by atoms with Gasteiger partial charge in [-0.3, -0.25) is 4.79 Å². The van der Waals surface area contributed by atoms with E-state index in [0.717, 1.165) is 18.4 Å². The van der Waals surface area contributed by atoms with Gasteiger partial charge in [0, 0.05) is 58.5 Å². The molecule has 7 aliphatic rings. The minimum absolute atomic E-state index is 0.133. The van der Waals surface area contributed by atoms with E-state index in [2.05, 4.69) is 6.92 Å². The summed E-state index contributed by atoms with van der Waals surface area (Å²) in [4.78, 5) is 27.0. The molecule has 0 radical (unpaired) electrons. The van der Waals surface area contributed by atoms with Crippen molar-refractivity contribution in [3.63, 3.8) is 0 Å². The highest BCUT2D eigenvalue weighted by Gasteiger charge is 2.75. The molecule has 8 rings (SSSR count). The summed E-state index contributed by atoms with van der Waals surface area (Å²) in [6, 6.07) is 9.43. The first-order valence-electron chi connectivity index (χ1n) is 25.7. The van der Waals surface area contributed by atoms with Crippen LogP contribution in [0.2, 0.25) is 0 Å². The second kappa shape index (κ2) is 21.7. The molecule has 394 valence electrons. The Kier molecular flexibility index (Phi) is 16.6. The van der Waals surface area contributed by atoms with Crippen molar-refractivity contribution in [3.8, 4) is 0 Å². The molecule has 0 aromatic heterocycles. The van der Waals surface area contributed by atoms with E-state index in [4.69, 9.17) is 52.1 Å². The number of aliphatic hydroxyl groups is 4. The van der Waals surface area contributed by atoms with Gasteiger partial charge in [0.2, 0.25) is 0 Å². The van der Waals surface area contributed by atoms with Crippen LogP contribution in [0, 0.1) is 34.5 Å². The van der Waals surface area contributed by atoms with Crippen LogP contribution in [0.1, 0.15) is 112 Å². The predicted octanol–water partition coefficient (Wildman–Crippen LogP) is 4.85. The molecule has 7 fully saturated rings. The SMILES string of the molecule is COC1CC(OC2CCC3(C)C(CCC4C3C(OC(C)=O)C(OC(=O)C=Cc3ccccc3)C3(C)C(C(C)O)CCC43O)C2)OC(C)C1OC1CC(OC)C(OC2OC(C)C(O)C(OC)C2O)C(C)O1. The lowest BCUT2D eigenvalue weighted by Crippen LogP contribution is -2.73. The van der Waals surface area contributed by atoms with Crippen molar-refractivity contribution in [2.45, 2.75) is 216 Å². The molecule has 1 aromatic rings. The molecule has 4 saturated carbocycles. The standard InChI is InChI=1S/C53H80O17/c1-27(54)35-21-23-53(59)36-18-17-33-24-34(20-22-51(33,6)42(36)47(66-31(5)55)49(52(35,53)7)68-39(56)19-16-32-14-12-11-13-15-32)67-40-25-37(60-8)45(29(3)63-40)69-41-26-38(61-9)46(30(4)64-41)70-50-44(58)48(62-10)43(57)28(2)65-50/h11-16,19,27-30,33-38,40-50,54,57-59H,17-18,20-26H2,1-10H3. The number of hydrogen-bond donors (Lipinski definition) is 4. The number of carbonyl (C=O) groups is 2. The fraction of sp³-hybridized carbons (Fsp3) is 0.811. The first-order valence-corrected chi connectivity index (χ1v) is 25.7. The fourth-order valence-electron chi connectivity index (χ4n) is 14.5. The Bertz CT molecular complexity index is 1950. The fourth-order valence-corrected chi connectivity index (χ4v) is 14.5. The van der Waals surface area contributed by atoms with Gasteiger partial charge in [-0.1, -0.05) is 44.2 Å². The molecule has 1 aromatic carbocycles. The Labute approximate surface area is 413 Å². The summed E-state index contributed by atoms with van der Waals surface area (Å²) in [5.74, 6) is -1.97. The van der Waals surface area contributed by atoms with Crippen LogP contribution >= 0.6 is 0 Å². The van der Waals surface area contributed by atoms with E-state index in [1.165, 1.54) is 20.1 Å². The van der Waals surface area contributed by atoms with E-state index in [1.807, 2.05) is 51.1 Å². The zero-order chi connectivity index (χ0) is 50.4. The lowest BCUT2D eigenvalue weighted by Gasteiger charge is -2.67. The Morgan fingerprint density at radius 1 is 0.743 bits per heavy atom. The summed E-state index contributed by atoms with van der Waals surface area (Å²) < 4.78 is 68.6. The Balaban J connectivity index is 0.934. The van der Waals surface area contributed by atoms with E-state index in [-0.39, 0.29) is 23.9 Å². The van der Waals surface area contributed by atoms with Crippen LogP contribution in [0.4, 0.5) is 0 Å². The summed E-state index contributed by atoms with van der Waals surface area (Å²) in [5.41, 5.74) is -1.99. The average molecular weight is 989 g/mol. The van der Waals surface area contributed by atoms with Gasteiger partial charge in [-0.2, -0.15) is 0 Å². The Hall–Kier alpha value is -2.62. The number of rotatable bonds is 14. The van der Waals surface area contributed by atoms with E-state index < -0.39 is 133 Å². The second-order valence-electron chi connectivity index (χ2n) is 21.9. The molecule has 0 bridgehead atoms. The van der Waals surface area contributed by atoms with Gasteiger partial charge in [0.15, 0.2) is 18.9 Å². The number of carbonyl (C=O) groups excluding carboxylic acids is 2. The number of fused-ring (bicyclic) bond motifs is 5. The van der Waals surface area contributed by atoms with Crippen LogP contribution in [0.15, 0.2) is 36.4 Å². The molecule has 3 saturated heterocycles. The first kappa shape index (κ1) is 53.7. The van der Waals surface area contributed by atoms with Gasteiger partial charge in [-0.25, -0.2) is 4.79 Å². The maximum Gasteiger partial charge on any atom is 0.331 e. The third kappa shape index (κ3) is 10.0. The van der Waals surface area contributed by atoms with Crippen molar-refractivity contribution in [2.75, 3.05) is 21.3 Å². The van der Waals surface area contributed by atoms with E-state index in [9.17, 15) is 30.0 Å². The lowest BCUT2D eigenvalue weighted by atomic mass is 9.41. The number of benzene rings is 1. The zero-order valence-electron chi connectivity index (χ0n) is 42.6. The molecule has 17 heteroatoms. The van der Waals surface area contributed by atoms with Gasteiger partial charge in [0.25, 0.3) is 0 Å². The number of hydrogen-bond acceptors (Lipinski definition) is 17. The first-order chi connectivity index (χ1) is 33.3. The maximum absolute atomic E-state index is 13.8. The van der Waals surface area contributed by atoms with Crippen LogP contribution in [-0.2, 0) is 61.7 Å². The third-order valence-electron chi connectivity index (χ3n) is 18.1. The van der Waals surface area contributed by atoms with Crippen LogP contribution in [0.5, 0.6) is 0 Å². The molecular weight excluding hydrogens is 909 g/mol. The van der Waals surface area contributed by atoms with Crippen molar-refractivity contribution < 1.29 is 82.1 Å². The van der Waals surface area contributed by atoms with Gasteiger partial charge >= 0.3 is 11.9 Å². The van der Waals surface area contributed by atoms with Crippen molar-refractivity contribution >= 4 is 18.0 Å². The molecule has 0 spiro atoms. The van der Waals surface area contributed by atoms with Crippen molar-refractivity contribution in [1.29, 1.82) is 0 Å². The highest BCUT2D eigenvalue weighted by atomic mass is 16.8. The summed E-state index contributed by atoms with van der Waals surface area (Å²) in [5, 5.41) is 45.8. The highest BCUT2D eigenvalue weighted by Crippen LogP contribution is 2.70. The van der Waals surface area contributed by atoms with Crippen molar-refractivity contribution in [2.24, 2.45) is 34.5 Å². The smallest absolute Gasteiger partial charge is 0.331 e. The highest BCUT2D eigenvalue weighted by molar-refractivity contribution is 5.87. The molecule has 70 heavy (non-hydrogen) atoms. The van der Waals surface area contributed by atoms with Crippen LogP contribution < -0.4 is 0 Å². The molecule has 3 heterocycles. The molecule has 24 atom stereocenters. The Morgan fingerprint density at radius 3 is 2.00 bits per heavy atom. The maximum atomic E-state index is 13.8. The molecule has 3 aliphatic heterocycles. The quantitative estimate of drug-likeness (QED) is 0.111. The predicted molar refractivity (Wildman–Crippen MR) is 251 cm³/mol. The zero-order valence-corrected chi connectivity index (χ0v) is 42.6. The van der Waals surface area contributed by atoms with E-state index >= 15 is 0 Å². The molecule has 0 amide bonds. The number of esters is 2. The van der Waals surface area contributed by atoms with Crippen molar-refractivity contribution in [3.05, 3.63) is 42.0 Å². The number of aliphatic hydroxyl groups excluding tert-OH is 3. The molecule has 17 nitrogen and oxygen atoms in total. The van der Waals surface area contributed by atoms with Gasteiger partial charge in [-0.15, -0.1) is 0 Å². The summed E-state index contributed by atoms with van der Waals surface area (Å²) in [7, 11) is 4.65. The average Bonchev–Trinajstić information content (AvgIpc) is 3.61. The van der Waals surface area contributed by atoms with E-state index in [0.29, 0.717) is 44.9 Å². The largest absolute Gasteiger partial charge is 0.458 e. The minimum Gasteiger partial charge on any atom is -0.458 e. The van der Waals surface area contributed by atoms with Gasteiger partial charge in [-0.05, 0) is 107 Å². The third-order valence-corrected chi connectivity index (χ3v) is 18.1. The lowest BCUT2D eigenvalue weighted by molar-refractivity contribution is -0.352. The minimum atomic E-state index is -1.29. The van der Waals surface area contributed by atoms with Crippen LogP contribution in [-0.4, -0.2) is 164 Å². The summed E-state index contributed by atoms with van der Waals surface area (Å²) >= 11 is 0. The van der Waals surface area contributed by atoms with Gasteiger partial charge in [0.1, 0.15) is 42.7 Å². The van der Waals surface area contributed by atoms with Gasteiger partial charge < -0.3 is 72.5 Å². The van der Waals surface area contributed by atoms with Crippen LogP contribution in [0.3, 0.4) is 0 Å². The number of ether oxygens (including phenoxy) is 11. The monoisotopic (exact) mass is 989 g/mol. The molecular formula is C53H80O17. The molecule has 24 unspecified atom stereocenters. The summed E-state index contributed by atoms with van der Waals surface area (Å²) in [6.45, 7) is 12.7. The normalized spacial score (nSPS) is 47.7. The molecule has 4 aliphatic carbocycles. The van der Waals surface area contributed by atoms with Crippen LogP contribution in [0.25, 0.3) is 6.08 Å². The second-order valence-corrected chi connectivity index (χ2v) is 21.9. The Morgan fingerprint density at radius 2 is 1.39 bits per heavy atom. The topological polar surface area (TPSA) is 217 Å². The number of methoxy groups -OCH3 is 3. The summed E-state index contributed by atoms with van der Waals surface area (Å²) in [6.07, 6.45) is -3.53. The molecule has 4 N–H and O–H groups in total. The van der Waals surface area contributed by atoms with Crippen molar-refractivity contribution in [1.82, 2.24) is 0 Å².